The normalized spacial score (nSPS) is 11.6. The fourth-order valence-corrected chi connectivity index (χ4v) is 1.57. The van der Waals surface area contributed by atoms with E-state index < -0.39 is 11.7 Å². The van der Waals surface area contributed by atoms with Gasteiger partial charge in [-0.15, -0.1) is 0 Å². The van der Waals surface area contributed by atoms with Crippen molar-refractivity contribution in [2.24, 2.45) is 0 Å². The lowest BCUT2D eigenvalue weighted by molar-refractivity contribution is -0.137. The summed E-state index contributed by atoms with van der Waals surface area (Å²) in [6, 6.07) is 1.02. The molecule has 17 heavy (non-hydrogen) atoms. The Morgan fingerprint density at radius 2 is 2.06 bits per heavy atom. The van der Waals surface area contributed by atoms with Crippen molar-refractivity contribution >= 4 is 21.7 Å². The van der Waals surface area contributed by atoms with Crippen molar-refractivity contribution in [2.75, 3.05) is 25.0 Å². The van der Waals surface area contributed by atoms with E-state index in [2.05, 4.69) is 31.5 Å². The van der Waals surface area contributed by atoms with Gasteiger partial charge in [0.1, 0.15) is 5.82 Å². The third-order valence-electron chi connectivity index (χ3n) is 2.00. The lowest BCUT2D eigenvalue weighted by Crippen LogP contribution is -2.23. The number of alkyl halides is 3. The van der Waals surface area contributed by atoms with Gasteiger partial charge in [0.05, 0.1) is 5.56 Å². The molecule has 1 heterocycles. The summed E-state index contributed by atoms with van der Waals surface area (Å²) in [6.07, 6.45) is -3.07. The second-order valence-electron chi connectivity index (χ2n) is 3.33. The molecule has 0 aromatic carbocycles. The monoisotopic (exact) mass is 311 g/mol. The van der Waals surface area contributed by atoms with Gasteiger partial charge in [0.25, 0.3) is 0 Å². The third kappa shape index (κ3) is 4.51. The largest absolute Gasteiger partial charge is 0.419 e. The molecule has 0 atom stereocenters. The smallest absolute Gasteiger partial charge is 0.368 e. The molecule has 0 saturated heterocycles. The summed E-state index contributed by atoms with van der Waals surface area (Å²) in [5, 5.41) is 5.67. The van der Waals surface area contributed by atoms with Crippen molar-refractivity contribution in [3.05, 3.63) is 22.3 Å². The number of hydrogen-bond acceptors (Lipinski definition) is 3. The molecule has 96 valence electrons. The van der Waals surface area contributed by atoms with Crippen molar-refractivity contribution in [1.82, 2.24) is 10.3 Å². The van der Waals surface area contributed by atoms with Gasteiger partial charge in [0.15, 0.2) is 0 Å². The first-order valence-corrected chi connectivity index (χ1v) is 5.91. The molecule has 0 fully saturated rings. The molecule has 1 aromatic heterocycles. The third-order valence-corrected chi connectivity index (χ3v) is 2.44. The van der Waals surface area contributed by atoms with E-state index in [4.69, 9.17) is 0 Å². The highest BCUT2D eigenvalue weighted by atomic mass is 79.9. The number of pyridine rings is 1. The second-order valence-corrected chi connectivity index (χ2v) is 4.24. The molecule has 0 aliphatic carbocycles. The van der Waals surface area contributed by atoms with Crippen LogP contribution in [0.5, 0.6) is 0 Å². The zero-order chi connectivity index (χ0) is 12.9. The lowest BCUT2D eigenvalue weighted by atomic mass is 10.2. The van der Waals surface area contributed by atoms with E-state index in [1.807, 2.05) is 6.92 Å². The van der Waals surface area contributed by atoms with Gasteiger partial charge in [-0.3, -0.25) is 0 Å². The fraction of sp³-hybridized carbons (Fsp3) is 0.500. The molecule has 2 N–H and O–H groups in total. The number of hydrogen-bond donors (Lipinski definition) is 2. The van der Waals surface area contributed by atoms with E-state index in [1.54, 1.807) is 0 Å². The van der Waals surface area contributed by atoms with Crippen LogP contribution in [0.4, 0.5) is 19.0 Å². The molecule has 0 spiro atoms. The molecule has 0 amide bonds. The summed E-state index contributed by atoms with van der Waals surface area (Å²) >= 11 is 2.98. The van der Waals surface area contributed by atoms with Gasteiger partial charge in [0.2, 0.25) is 0 Å². The molecule has 0 bridgehead atoms. The number of likely N-dealkylation sites (N-methyl/N-ethyl adjacent to an activating group) is 1. The summed E-state index contributed by atoms with van der Waals surface area (Å²) in [4.78, 5) is 3.74. The van der Waals surface area contributed by atoms with Gasteiger partial charge in [-0.05, 0) is 28.5 Å². The van der Waals surface area contributed by atoms with Crippen LogP contribution in [-0.2, 0) is 6.18 Å². The molecule has 0 aliphatic heterocycles. The minimum atomic E-state index is -4.41. The highest BCUT2D eigenvalue weighted by Crippen LogP contribution is 2.35. The van der Waals surface area contributed by atoms with E-state index in [9.17, 15) is 13.2 Å². The maximum absolute atomic E-state index is 12.7. The average Bonchev–Trinajstić information content (AvgIpc) is 2.25. The number of halogens is 4. The molecule has 7 heteroatoms. The van der Waals surface area contributed by atoms with Gasteiger partial charge in [0, 0.05) is 23.8 Å². The van der Waals surface area contributed by atoms with Crippen LogP contribution in [0.15, 0.2) is 16.7 Å². The van der Waals surface area contributed by atoms with E-state index >= 15 is 0 Å². The van der Waals surface area contributed by atoms with E-state index in [-0.39, 0.29) is 5.82 Å². The predicted octanol–water partition coefficient (Wildman–Crippen LogP) is 2.88. The fourth-order valence-electron chi connectivity index (χ4n) is 1.24. The van der Waals surface area contributed by atoms with Crippen molar-refractivity contribution in [1.29, 1.82) is 0 Å². The van der Waals surface area contributed by atoms with Crippen LogP contribution in [0, 0.1) is 0 Å². The summed E-state index contributed by atoms with van der Waals surface area (Å²) in [6.45, 7) is 3.69. The minimum Gasteiger partial charge on any atom is -0.368 e. The Kier molecular flexibility index (Phi) is 5.20. The molecule has 1 rings (SSSR count). The molecular formula is C10H13BrF3N3. The first-order valence-electron chi connectivity index (χ1n) is 5.12. The Balaban J connectivity index is 2.77. The highest BCUT2D eigenvalue weighted by Gasteiger charge is 2.34. The Hall–Kier alpha value is -0.820. The van der Waals surface area contributed by atoms with Gasteiger partial charge >= 0.3 is 6.18 Å². The maximum atomic E-state index is 12.7. The first-order chi connectivity index (χ1) is 7.95. The SMILES string of the molecule is CCNCCNc1ncc(Br)cc1C(F)(F)F. The number of rotatable bonds is 5. The second kappa shape index (κ2) is 6.20. The Morgan fingerprint density at radius 3 is 2.65 bits per heavy atom. The van der Waals surface area contributed by atoms with Gasteiger partial charge < -0.3 is 10.6 Å². The summed E-state index contributed by atoms with van der Waals surface area (Å²) < 4.78 is 38.4. The summed E-state index contributed by atoms with van der Waals surface area (Å²) in [7, 11) is 0. The van der Waals surface area contributed by atoms with Gasteiger partial charge in [-0.25, -0.2) is 4.98 Å². The minimum absolute atomic E-state index is 0.140. The number of anilines is 1. The molecule has 0 saturated carbocycles. The zero-order valence-electron chi connectivity index (χ0n) is 9.24. The van der Waals surface area contributed by atoms with Crippen LogP contribution >= 0.6 is 15.9 Å². The van der Waals surface area contributed by atoms with Crippen LogP contribution in [0.2, 0.25) is 0 Å². The molecule has 0 unspecified atom stereocenters. The van der Waals surface area contributed by atoms with Crippen LogP contribution in [0.3, 0.4) is 0 Å². The maximum Gasteiger partial charge on any atom is 0.419 e. The van der Waals surface area contributed by atoms with Crippen LogP contribution < -0.4 is 10.6 Å². The Labute approximate surface area is 106 Å². The number of aromatic nitrogens is 1. The Morgan fingerprint density at radius 1 is 1.35 bits per heavy atom. The molecule has 3 nitrogen and oxygen atoms in total. The van der Waals surface area contributed by atoms with Crippen LogP contribution in [0.25, 0.3) is 0 Å². The number of nitrogens with one attached hydrogen (secondary N) is 2. The van der Waals surface area contributed by atoms with Gasteiger partial charge in [-0.1, -0.05) is 6.92 Å². The lowest BCUT2D eigenvalue weighted by Gasteiger charge is -2.13. The van der Waals surface area contributed by atoms with Crippen molar-refractivity contribution in [2.45, 2.75) is 13.1 Å². The predicted molar refractivity (Wildman–Crippen MR) is 64.0 cm³/mol. The van der Waals surface area contributed by atoms with Crippen molar-refractivity contribution in [3.8, 4) is 0 Å². The zero-order valence-corrected chi connectivity index (χ0v) is 10.8. The van der Waals surface area contributed by atoms with E-state index in [0.29, 0.717) is 17.6 Å². The van der Waals surface area contributed by atoms with E-state index in [0.717, 1.165) is 12.6 Å². The molecule has 1 aromatic rings. The van der Waals surface area contributed by atoms with Crippen LogP contribution in [-0.4, -0.2) is 24.6 Å². The van der Waals surface area contributed by atoms with E-state index in [1.165, 1.54) is 6.20 Å². The molecule has 0 aliphatic rings. The van der Waals surface area contributed by atoms with Crippen molar-refractivity contribution in [3.63, 3.8) is 0 Å². The topological polar surface area (TPSA) is 37.0 Å². The summed E-state index contributed by atoms with van der Waals surface area (Å²) in [5.74, 6) is -0.140. The molecule has 0 radical (unpaired) electrons. The highest BCUT2D eigenvalue weighted by molar-refractivity contribution is 9.10. The van der Waals surface area contributed by atoms with Crippen molar-refractivity contribution < 1.29 is 13.2 Å². The standard InChI is InChI=1S/C10H13BrF3N3/c1-2-15-3-4-16-9-8(10(12,13)14)5-7(11)6-17-9/h5-6,15H,2-4H2,1H3,(H,16,17). The Bertz CT molecular complexity index is 368. The average molecular weight is 312 g/mol. The quantitative estimate of drug-likeness (QED) is 0.821. The van der Waals surface area contributed by atoms with Crippen LogP contribution in [0.1, 0.15) is 12.5 Å². The first kappa shape index (κ1) is 14.2. The molecular weight excluding hydrogens is 299 g/mol. The van der Waals surface area contributed by atoms with Gasteiger partial charge in [-0.2, -0.15) is 13.2 Å². The number of nitrogens with zero attached hydrogens (tertiary/aromatic N) is 1. The summed E-state index contributed by atoms with van der Waals surface area (Å²) in [5.41, 5.74) is -0.761.